The molecule has 0 spiro atoms. The van der Waals surface area contributed by atoms with E-state index in [4.69, 9.17) is 0 Å². The highest BCUT2D eigenvalue weighted by atomic mass is 32.1. The lowest BCUT2D eigenvalue weighted by molar-refractivity contribution is -0.115. The first kappa shape index (κ1) is 13.2. The molecule has 0 radical (unpaired) electrons. The third kappa shape index (κ3) is 3.20. The lowest BCUT2D eigenvalue weighted by Crippen LogP contribution is -2.14. The molecule has 0 aliphatic carbocycles. The highest BCUT2D eigenvalue weighted by Gasteiger charge is 2.20. The molecule has 1 saturated heterocycles. The molecule has 1 fully saturated rings. The Morgan fingerprint density at radius 1 is 1.35 bits per heavy atom. The Balaban J connectivity index is 1.59. The number of hydrogen-bond donors (Lipinski definition) is 2. The van der Waals surface area contributed by atoms with Gasteiger partial charge < -0.3 is 10.6 Å². The van der Waals surface area contributed by atoms with Crippen LogP contribution in [-0.4, -0.2) is 22.6 Å². The molecule has 1 aliphatic heterocycles. The summed E-state index contributed by atoms with van der Waals surface area (Å²) in [6.45, 7) is 1.03. The minimum atomic E-state index is -0.0571. The molecule has 2 aromatic rings. The summed E-state index contributed by atoms with van der Waals surface area (Å²) in [7, 11) is 0. The third-order valence-corrected chi connectivity index (χ3v) is 4.21. The number of hydrogen-bond acceptors (Lipinski definition) is 5. The third-order valence-electron chi connectivity index (χ3n) is 3.25. The summed E-state index contributed by atoms with van der Waals surface area (Å²) in [5, 5.41) is 15.9. The van der Waals surface area contributed by atoms with E-state index in [2.05, 4.69) is 20.8 Å². The Kier molecular flexibility index (Phi) is 4.03. The van der Waals surface area contributed by atoms with Crippen molar-refractivity contribution in [1.82, 2.24) is 15.5 Å². The summed E-state index contributed by atoms with van der Waals surface area (Å²) in [5.41, 5.74) is 0.993. The Morgan fingerprint density at radius 3 is 2.95 bits per heavy atom. The molecule has 1 unspecified atom stereocenters. The number of benzene rings is 1. The number of carbonyl (C=O) groups excluding carboxylic acids is 1. The van der Waals surface area contributed by atoms with E-state index in [1.165, 1.54) is 17.8 Å². The number of carbonyl (C=O) groups is 1. The van der Waals surface area contributed by atoms with E-state index in [1.54, 1.807) is 0 Å². The lowest BCUT2D eigenvalue weighted by Gasteiger charge is -2.03. The normalized spacial score (nSPS) is 18.1. The van der Waals surface area contributed by atoms with Gasteiger partial charge in [0.25, 0.3) is 0 Å². The van der Waals surface area contributed by atoms with Gasteiger partial charge in [0.05, 0.1) is 12.5 Å². The van der Waals surface area contributed by atoms with Gasteiger partial charge in [-0.1, -0.05) is 41.7 Å². The van der Waals surface area contributed by atoms with E-state index in [0.717, 1.165) is 23.5 Å². The van der Waals surface area contributed by atoms with Crippen LogP contribution in [0.2, 0.25) is 0 Å². The molecular weight excluding hydrogens is 272 g/mol. The van der Waals surface area contributed by atoms with Gasteiger partial charge in [0.1, 0.15) is 5.01 Å². The van der Waals surface area contributed by atoms with Crippen LogP contribution in [0.1, 0.15) is 29.5 Å². The first-order valence-electron chi connectivity index (χ1n) is 6.72. The van der Waals surface area contributed by atoms with Crippen molar-refractivity contribution in [2.75, 3.05) is 11.9 Å². The van der Waals surface area contributed by atoms with E-state index < -0.39 is 0 Å². The van der Waals surface area contributed by atoms with Gasteiger partial charge in [-0.2, -0.15) is 0 Å². The Bertz CT molecular complexity index is 578. The van der Waals surface area contributed by atoms with Crippen molar-refractivity contribution in [3.63, 3.8) is 0 Å². The molecule has 1 atom stereocenters. The number of aromatic nitrogens is 2. The van der Waals surface area contributed by atoms with E-state index in [1.807, 2.05) is 30.3 Å². The van der Waals surface area contributed by atoms with Crippen LogP contribution >= 0.6 is 11.3 Å². The minimum absolute atomic E-state index is 0.0571. The Morgan fingerprint density at radius 2 is 2.20 bits per heavy atom. The first-order chi connectivity index (χ1) is 9.81. The van der Waals surface area contributed by atoms with E-state index in [-0.39, 0.29) is 5.91 Å². The maximum atomic E-state index is 11.9. The van der Waals surface area contributed by atoms with Gasteiger partial charge in [-0.05, 0) is 24.9 Å². The zero-order chi connectivity index (χ0) is 13.8. The number of nitrogens with zero attached hydrogens (tertiary/aromatic N) is 2. The number of nitrogens with one attached hydrogen (secondary N) is 2. The summed E-state index contributed by atoms with van der Waals surface area (Å²) in [4.78, 5) is 11.9. The number of rotatable bonds is 4. The van der Waals surface area contributed by atoms with Crippen molar-refractivity contribution in [2.24, 2.45) is 0 Å². The maximum absolute atomic E-state index is 11.9. The number of amides is 1. The predicted octanol–water partition coefficient (Wildman–Crippen LogP) is 2.14. The summed E-state index contributed by atoms with van der Waals surface area (Å²) in [6.07, 6.45) is 2.62. The molecule has 0 saturated carbocycles. The molecule has 1 aliphatic rings. The average Bonchev–Trinajstić information content (AvgIpc) is 3.10. The monoisotopic (exact) mass is 288 g/mol. The second-order valence-corrected chi connectivity index (χ2v) is 5.81. The van der Waals surface area contributed by atoms with Crippen molar-refractivity contribution < 1.29 is 4.79 Å². The van der Waals surface area contributed by atoms with Crippen LogP contribution < -0.4 is 10.6 Å². The predicted molar refractivity (Wildman–Crippen MR) is 78.7 cm³/mol. The largest absolute Gasteiger partial charge is 0.308 e. The van der Waals surface area contributed by atoms with E-state index in [9.17, 15) is 4.79 Å². The van der Waals surface area contributed by atoms with Crippen LogP contribution in [0.25, 0.3) is 0 Å². The first-order valence-corrected chi connectivity index (χ1v) is 7.53. The van der Waals surface area contributed by atoms with Gasteiger partial charge in [-0.25, -0.2) is 0 Å². The molecule has 2 heterocycles. The SMILES string of the molecule is O=C(Cc1ccccc1)Nc1nnc(C2CCCN2)s1. The van der Waals surface area contributed by atoms with Crippen LogP contribution in [0, 0.1) is 0 Å². The van der Waals surface area contributed by atoms with Crippen molar-refractivity contribution in [3.05, 3.63) is 40.9 Å². The van der Waals surface area contributed by atoms with Crippen LogP contribution in [0.4, 0.5) is 5.13 Å². The van der Waals surface area contributed by atoms with Gasteiger partial charge in [0.2, 0.25) is 11.0 Å². The standard InChI is InChI=1S/C14H16N4OS/c19-12(9-10-5-2-1-3-6-10)16-14-18-17-13(20-14)11-7-4-8-15-11/h1-3,5-6,11,15H,4,7-9H2,(H,16,18,19). The summed E-state index contributed by atoms with van der Waals surface area (Å²) in [6, 6.07) is 9.97. The maximum Gasteiger partial charge on any atom is 0.230 e. The second kappa shape index (κ2) is 6.11. The molecule has 2 N–H and O–H groups in total. The van der Waals surface area contributed by atoms with Gasteiger partial charge in [0.15, 0.2) is 0 Å². The second-order valence-electron chi connectivity index (χ2n) is 4.80. The fraction of sp³-hybridized carbons (Fsp3) is 0.357. The molecular formula is C14H16N4OS. The van der Waals surface area contributed by atoms with Crippen molar-refractivity contribution in [3.8, 4) is 0 Å². The zero-order valence-electron chi connectivity index (χ0n) is 11.0. The Labute approximate surface area is 121 Å². The van der Waals surface area contributed by atoms with Gasteiger partial charge in [-0.15, -0.1) is 10.2 Å². The van der Waals surface area contributed by atoms with Crippen LogP contribution in [0.15, 0.2) is 30.3 Å². The molecule has 104 valence electrons. The molecule has 6 heteroatoms. The molecule has 1 amide bonds. The summed E-state index contributed by atoms with van der Waals surface area (Å²) in [5.74, 6) is -0.0571. The Hall–Kier alpha value is -1.79. The van der Waals surface area contributed by atoms with Crippen LogP contribution in [0.3, 0.4) is 0 Å². The lowest BCUT2D eigenvalue weighted by atomic mass is 10.1. The van der Waals surface area contributed by atoms with Crippen molar-refractivity contribution in [2.45, 2.75) is 25.3 Å². The molecule has 20 heavy (non-hydrogen) atoms. The zero-order valence-corrected chi connectivity index (χ0v) is 11.8. The molecule has 5 nitrogen and oxygen atoms in total. The average molecular weight is 288 g/mol. The fourth-order valence-corrected chi connectivity index (χ4v) is 3.14. The van der Waals surface area contributed by atoms with Gasteiger partial charge in [0, 0.05) is 0 Å². The quantitative estimate of drug-likeness (QED) is 0.904. The molecule has 3 rings (SSSR count). The highest BCUT2D eigenvalue weighted by molar-refractivity contribution is 7.15. The van der Waals surface area contributed by atoms with Gasteiger partial charge in [-0.3, -0.25) is 4.79 Å². The summed E-state index contributed by atoms with van der Waals surface area (Å²) >= 11 is 1.45. The highest BCUT2D eigenvalue weighted by Crippen LogP contribution is 2.27. The summed E-state index contributed by atoms with van der Waals surface area (Å²) < 4.78 is 0. The van der Waals surface area contributed by atoms with E-state index >= 15 is 0 Å². The smallest absolute Gasteiger partial charge is 0.230 e. The van der Waals surface area contributed by atoms with Crippen LogP contribution in [0.5, 0.6) is 0 Å². The van der Waals surface area contributed by atoms with Gasteiger partial charge >= 0.3 is 0 Å². The molecule has 1 aromatic carbocycles. The van der Waals surface area contributed by atoms with E-state index in [0.29, 0.717) is 17.6 Å². The van der Waals surface area contributed by atoms with Crippen molar-refractivity contribution >= 4 is 22.4 Å². The topological polar surface area (TPSA) is 66.9 Å². The fourth-order valence-electron chi connectivity index (χ4n) is 2.27. The molecule has 1 aromatic heterocycles. The van der Waals surface area contributed by atoms with Crippen molar-refractivity contribution in [1.29, 1.82) is 0 Å². The molecule has 0 bridgehead atoms. The number of anilines is 1. The van der Waals surface area contributed by atoms with Crippen LogP contribution in [-0.2, 0) is 11.2 Å². The minimum Gasteiger partial charge on any atom is -0.308 e.